The Kier molecular flexibility index (Phi) is 3.04. The molecule has 0 amide bonds. The molecule has 1 saturated carbocycles. The molecule has 18 heavy (non-hydrogen) atoms. The van der Waals surface area contributed by atoms with E-state index in [1.165, 1.54) is 41.2 Å². The standard InChI is InChI=1S/C14H17N3S/c1-9-14(16-17-18-9)13(10-4-2-5-10)11-6-3-7-12(15)8-11/h3,6-8,10,13H,2,4-5,15H2,1H3. The van der Waals surface area contributed by atoms with E-state index in [4.69, 9.17) is 5.73 Å². The summed E-state index contributed by atoms with van der Waals surface area (Å²) >= 11 is 1.49. The SMILES string of the molecule is Cc1snnc1C(c1cccc(N)c1)C1CCC1. The van der Waals surface area contributed by atoms with Crippen molar-refractivity contribution in [3.63, 3.8) is 0 Å². The van der Waals surface area contributed by atoms with Crippen LogP contribution in [0.3, 0.4) is 0 Å². The first kappa shape index (κ1) is 11.7. The van der Waals surface area contributed by atoms with Crippen molar-refractivity contribution in [2.24, 2.45) is 5.92 Å². The van der Waals surface area contributed by atoms with Crippen molar-refractivity contribution < 1.29 is 0 Å². The maximum Gasteiger partial charge on any atom is 0.0862 e. The summed E-state index contributed by atoms with van der Waals surface area (Å²) in [6, 6.07) is 8.22. The third-order valence-electron chi connectivity index (χ3n) is 3.87. The van der Waals surface area contributed by atoms with Gasteiger partial charge in [0.05, 0.1) is 5.69 Å². The molecule has 0 saturated heterocycles. The van der Waals surface area contributed by atoms with Crippen LogP contribution >= 0.6 is 11.5 Å². The Labute approximate surface area is 111 Å². The summed E-state index contributed by atoms with van der Waals surface area (Å²) in [7, 11) is 0. The fraction of sp³-hybridized carbons (Fsp3) is 0.429. The van der Waals surface area contributed by atoms with E-state index in [1.807, 2.05) is 12.1 Å². The Bertz CT molecular complexity index is 545. The van der Waals surface area contributed by atoms with E-state index in [1.54, 1.807) is 0 Å². The van der Waals surface area contributed by atoms with Crippen LogP contribution in [0, 0.1) is 12.8 Å². The van der Waals surface area contributed by atoms with Crippen molar-refractivity contribution in [2.45, 2.75) is 32.1 Å². The van der Waals surface area contributed by atoms with E-state index in [9.17, 15) is 0 Å². The number of nitrogens with two attached hydrogens (primary N) is 1. The minimum absolute atomic E-state index is 0.376. The second kappa shape index (κ2) is 4.69. The quantitative estimate of drug-likeness (QED) is 0.860. The van der Waals surface area contributed by atoms with Gasteiger partial charge in [0.1, 0.15) is 0 Å². The van der Waals surface area contributed by atoms with E-state index < -0.39 is 0 Å². The Hall–Kier alpha value is -1.42. The minimum Gasteiger partial charge on any atom is -0.399 e. The van der Waals surface area contributed by atoms with E-state index in [0.717, 1.165) is 11.4 Å². The average molecular weight is 259 g/mol. The molecule has 1 fully saturated rings. The number of rotatable bonds is 3. The third-order valence-corrected chi connectivity index (χ3v) is 4.52. The molecule has 1 atom stereocenters. The van der Waals surface area contributed by atoms with Gasteiger partial charge in [-0.25, -0.2) is 0 Å². The highest BCUT2D eigenvalue weighted by molar-refractivity contribution is 7.05. The molecule has 94 valence electrons. The van der Waals surface area contributed by atoms with Crippen molar-refractivity contribution in [3.05, 3.63) is 40.4 Å². The number of hydrogen-bond donors (Lipinski definition) is 1. The highest BCUT2D eigenvalue weighted by Gasteiger charge is 2.32. The molecule has 1 aromatic heterocycles. The van der Waals surface area contributed by atoms with E-state index in [-0.39, 0.29) is 0 Å². The lowest BCUT2D eigenvalue weighted by Gasteiger charge is -2.33. The largest absolute Gasteiger partial charge is 0.399 e. The second-order valence-corrected chi connectivity index (χ2v) is 6.01. The zero-order valence-electron chi connectivity index (χ0n) is 10.5. The molecule has 1 aliphatic rings. The van der Waals surface area contributed by atoms with E-state index >= 15 is 0 Å². The lowest BCUT2D eigenvalue weighted by Crippen LogP contribution is -2.22. The van der Waals surface area contributed by atoms with Gasteiger partial charge in [-0.1, -0.05) is 23.0 Å². The number of benzene rings is 1. The van der Waals surface area contributed by atoms with Crippen LogP contribution in [0.5, 0.6) is 0 Å². The molecule has 2 aromatic rings. The summed E-state index contributed by atoms with van der Waals surface area (Å²) in [4.78, 5) is 1.23. The van der Waals surface area contributed by atoms with Gasteiger partial charge in [0.15, 0.2) is 0 Å². The van der Waals surface area contributed by atoms with Gasteiger partial charge in [-0.3, -0.25) is 0 Å². The van der Waals surface area contributed by atoms with Gasteiger partial charge in [0, 0.05) is 16.5 Å². The fourth-order valence-electron chi connectivity index (χ4n) is 2.70. The third kappa shape index (κ3) is 2.01. The van der Waals surface area contributed by atoms with Gasteiger partial charge < -0.3 is 5.73 Å². The number of nitrogen functional groups attached to an aromatic ring is 1. The summed E-state index contributed by atoms with van der Waals surface area (Å²) in [6.07, 6.45) is 3.91. The zero-order valence-corrected chi connectivity index (χ0v) is 11.3. The number of nitrogens with zero attached hydrogens (tertiary/aromatic N) is 2. The Morgan fingerprint density at radius 1 is 1.39 bits per heavy atom. The monoisotopic (exact) mass is 259 g/mol. The number of aryl methyl sites for hydroxylation is 1. The molecule has 1 aliphatic carbocycles. The molecule has 4 heteroatoms. The van der Waals surface area contributed by atoms with Gasteiger partial charge >= 0.3 is 0 Å². The number of anilines is 1. The van der Waals surface area contributed by atoms with Gasteiger partial charge in [-0.2, -0.15) is 0 Å². The van der Waals surface area contributed by atoms with Gasteiger partial charge in [-0.05, 0) is 54.9 Å². The van der Waals surface area contributed by atoms with E-state index in [2.05, 4.69) is 28.6 Å². The lowest BCUT2D eigenvalue weighted by molar-refractivity contribution is 0.280. The number of hydrogen-bond acceptors (Lipinski definition) is 4. The Morgan fingerprint density at radius 3 is 2.78 bits per heavy atom. The highest BCUT2D eigenvalue weighted by Crippen LogP contribution is 2.44. The topological polar surface area (TPSA) is 51.8 Å². The molecule has 3 rings (SSSR count). The van der Waals surface area contributed by atoms with Crippen LogP contribution in [0.15, 0.2) is 24.3 Å². The van der Waals surface area contributed by atoms with Crippen molar-refractivity contribution in [1.82, 2.24) is 9.59 Å². The lowest BCUT2D eigenvalue weighted by atomic mass is 9.71. The first-order chi connectivity index (χ1) is 8.75. The predicted octanol–water partition coefficient (Wildman–Crippen LogP) is 3.36. The minimum atomic E-state index is 0.376. The molecule has 0 spiro atoms. The average Bonchev–Trinajstić information content (AvgIpc) is 2.69. The second-order valence-electron chi connectivity index (χ2n) is 5.05. The first-order valence-electron chi connectivity index (χ1n) is 6.40. The maximum atomic E-state index is 5.91. The highest BCUT2D eigenvalue weighted by atomic mass is 32.1. The summed E-state index contributed by atoms with van der Waals surface area (Å²) in [6.45, 7) is 2.11. The van der Waals surface area contributed by atoms with Crippen LogP contribution in [0.4, 0.5) is 5.69 Å². The maximum absolute atomic E-state index is 5.91. The Balaban J connectivity index is 2.03. The van der Waals surface area contributed by atoms with Gasteiger partial charge in [0.2, 0.25) is 0 Å². The summed E-state index contributed by atoms with van der Waals surface area (Å²) in [5.74, 6) is 1.08. The Morgan fingerprint density at radius 2 is 2.22 bits per heavy atom. The van der Waals surface area contributed by atoms with Crippen LogP contribution in [-0.4, -0.2) is 9.59 Å². The van der Waals surface area contributed by atoms with Crippen molar-refractivity contribution >= 4 is 17.2 Å². The van der Waals surface area contributed by atoms with Crippen LogP contribution in [0.2, 0.25) is 0 Å². The molecular weight excluding hydrogens is 242 g/mol. The molecule has 2 N–H and O–H groups in total. The van der Waals surface area contributed by atoms with Gasteiger partial charge in [0.25, 0.3) is 0 Å². The van der Waals surface area contributed by atoms with Crippen molar-refractivity contribution in [3.8, 4) is 0 Å². The van der Waals surface area contributed by atoms with E-state index in [0.29, 0.717) is 11.8 Å². The molecule has 1 unspecified atom stereocenters. The molecule has 0 bridgehead atoms. The molecule has 3 nitrogen and oxygen atoms in total. The molecule has 0 aliphatic heterocycles. The summed E-state index contributed by atoms with van der Waals surface area (Å²) in [5.41, 5.74) is 9.18. The van der Waals surface area contributed by atoms with Crippen LogP contribution in [-0.2, 0) is 0 Å². The zero-order chi connectivity index (χ0) is 12.5. The molecular formula is C14H17N3S. The fourth-order valence-corrected chi connectivity index (χ4v) is 3.22. The van der Waals surface area contributed by atoms with Gasteiger partial charge in [-0.15, -0.1) is 5.10 Å². The number of aromatic nitrogens is 2. The van der Waals surface area contributed by atoms with Crippen LogP contribution < -0.4 is 5.73 Å². The summed E-state index contributed by atoms with van der Waals surface area (Å²) in [5, 5.41) is 4.35. The molecule has 0 radical (unpaired) electrons. The normalized spacial score (nSPS) is 17.4. The first-order valence-corrected chi connectivity index (χ1v) is 7.17. The predicted molar refractivity (Wildman–Crippen MR) is 74.7 cm³/mol. The smallest absolute Gasteiger partial charge is 0.0862 e. The molecule has 1 heterocycles. The van der Waals surface area contributed by atoms with Crippen molar-refractivity contribution in [1.29, 1.82) is 0 Å². The van der Waals surface area contributed by atoms with Crippen molar-refractivity contribution in [2.75, 3.05) is 5.73 Å². The van der Waals surface area contributed by atoms with Crippen LogP contribution in [0.1, 0.15) is 41.3 Å². The summed E-state index contributed by atoms with van der Waals surface area (Å²) < 4.78 is 4.09. The van der Waals surface area contributed by atoms with Crippen LogP contribution in [0.25, 0.3) is 0 Å². The molecule has 1 aromatic carbocycles.